The van der Waals surface area contributed by atoms with Gasteiger partial charge < -0.3 is 10.6 Å². The van der Waals surface area contributed by atoms with Crippen molar-refractivity contribution in [3.63, 3.8) is 0 Å². The minimum atomic E-state index is -0.680. The minimum Gasteiger partial charge on any atom is -0.350 e. The molecule has 0 radical (unpaired) electrons. The fourth-order valence-electron chi connectivity index (χ4n) is 1.77. The number of hydrogen-bond donors (Lipinski definition) is 2. The fraction of sp³-hybridized carbons (Fsp3) is 0.438. The van der Waals surface area contributed by atoms with Crippen molar-refractivity contribution in [2.75, 3.05) is 6.54 Å². The molecule has 2 N–H and O–H groups in total. The van der Waals surface area contributed by atoms with Gasteiger partial charge >= 0.3 is 0 Å². The molecule has 0 aliphatic carbocycles. The first-order valence-corrected chi connectivity index (χ1v) is 7.25. The van der Waals surface area contributed by atoms with Crippen LogP contribution >= 0.6 is 0 Å². The summed E-state index contributed by atoms with van der Waals surface area (Å²) in [5.74, 6) is -1.45. The second-order valence-electron chi connectivity index (χ2n) is 4.83. The van der Waals surface area contributed by atoms with Gasteiger partial charge in [-0.05, 0) is 12.0 Å². The van der Waals surface area contributed by atoms with Crippen molar-refractivity contribution < 1.29 is 14.4 Å². The summed E-state index contributed by atoms with van der Waals surface area (Å²) in [5, 5.41) is 5.03. The average Bonchev–Trinajstić information content (AvgIpc) is 2.51. The lowest BCUT2D eigenvalue weighted by Crippen LogP contribution is -2.39. The zero-order valence-electron chi connectivity index (χ0n) is 12.4. The molecule has 5 nitrogen and oxygen atoms in total. The second-order valence-corrected chi connectivity index (χ2v) is 4.83. The molecule has 0 aliphatic rings. The van der Waals surface area contributed by atoms with E-state index in [4.69, 9.17) is 0 Å². The lowest BCUT2D eigenvalue weighted by molar-refractivity contribution is -0.138. The number of ketones is 1. The van der Waals surface area contributed by atoms with Crippen LogP contribution in [0.4, 0.5) is 0 Å². The summed E-state index contributed by atoms with van der Waals surface area (Å²) in [6.07, 6.45) is 2.88. The van der Waals surface area contributed by atoms with Gasteiger partial charge in [0.15, 0.2) is 0 Å². The number of unbranched alkanes of at least 4 members (excludes halogenated alkanes) is 2. The van der Waals surface area contributed by atoms with Crippen molar-refractivity contribution in [3.8, 4) is 0 Å². The number of hydrogen-bond acceptors (Lipinski definition) is 3. The normalized spacial score (nSPS) is 9.95. The highest BCUT2D eigenvalue weighted by Gasteiger charge is 2.13. The van der Waals surface area contributed by atoms with Crippen LogP contribution in [0.5, 0.6) is 0 Å². The fourth-order valence-corrected chi connectivity index (χ4v) is 1.77. The smallest absolute Gasteiger partial charge is 0.287 e. The number of amides is 2. The van der Waals surface area contributed by atoms with Crippen molar-refractivity contribution in [1.29, 1.82) is 0 Å². The van der Waals surface area contributed by atoms with Crippen LogP contribution in [-0.2, 0) is 20.9 Å². The zero-order chi connectivity index (χ0) is 15.5. The molecule has 0 aliphatic heterocycles. The van der Waals surface area contributed by atoms with E-state index in [1.165, 1.54) is 0 Å². The number of carbonyl (C=O) groups is 3. The van der Waals surface area contributed by atoms with E-state index in [2.05, 4.69) is 10.6 Å². The van der Waals surface area contributed by atoms with Crippen LogP contribution in [0, 0.1) is 0 Å². The average molecular weight is 290 g/mol. The molecule has 1 aromatic carbocycles. The van der Waals surface area contributed by atoms with Crippen LogP contribution in [0.2, 0.25) is 0 Å². The monoisotopic (exact) mass is 290 g/mol. The van der Waals surface area contributed by atoms with E-state index < -0.39 is 11.7 Å². The maximum atomic E-state index is 11.6. The third-order valence-corrected chi connectivity index (χ3v) is 3.00. The molecule has 0 bridgehead atoms. The molecule has 1 rings (SSSR count). The van der Waals surface area contributed by atoms with Crippen LogP contribution in [0.25, 0.3) is 0 Å². The third kappa shape index (κ3) is 7.25. The minimum absolute atomic E-state index is 0.175. The molecule has 0 saturated heterocycles. The number of rotatable bonds is 9. The first-order valence-electron chi connectivity index (χ1n) is 7.25. The van der Waals surface area contributed by atoms with Gasteiger partial charge in [0.05, 0.1) is 6.54 Å². The Morgan fingerprint density at radius 3 is 2.38 bits per heavy atom. The summed E-state index contributed by atoms with van der Waals surface area (Å²) in [6.45, 7) is 2.26. The Labute approximate surface area is 125 Å². The zero-order valence-corrected chi connectivity index (χ0v) is 12.4. The highest BCUT2D eigenvalue weighted by atomic mass is 16.2. The molecule has 2 amide bonds. The van der Waals surface area contributed by atoms with Crippen molar-refractivity contribution in [1.82, 2.24) is 10.6 Å². The molecule has 21 heavy (non-hydrogen) atoms. The topological polar surface area (TPSA) is 75.3 Å². The second kappa shape index (κ2) is 9.69. The third-order valence-electron chi connectivity index (χ3n) is 3.00. The summed E-state index contributed by atoms with van der Waals surface area (Å²) >= 11 is 0. The Hall–Kier alpha value is -2.17. The molecule has 0 heterocycles. The molecule has 0 aromatic heterocycles. The highest BCUT2D eigenvalue weighted by molar-refractivity contribution is 6.36. The predicted molar refractivity (Wildman–Crippen MR) is 80.4 cm³/mol. The van der Waals surface area contributed by atoms with E-state index >= 15 is 0 Å². The Kier molecular flexibility index (Phi) is 7.79. The van der Waals surface area contributed by atoms with E-state index in [1.807, 2.05) is 37.3 Å². The summed E-state index contributed by atoms with van der Waals surface area (Å²) < 4.78 is 0. The van der Waals surface area contributed by atoms with Crippen LogP contribution in [0.1, 0.15) is 38.2 Å². The van der Waals surface area contributed by atoms with Crippen molar-refractivity contribution in [2.45, 2.75) is 39.2 Å². The van der Waals surface area contributed by atoms with Gasteiger partial charge in [0.1, 0.15) is 0 Å². The number of carbonyl (C=O) groups excluding carboxylic acids is 3. The predicted octanol–water partition coefficient (Wildman–Crippen LogP) is 1.57. The van der Waals surface area contributed by atoms with Gasteiger partial charge in [0.2, 0.25) is 11.7 Å². The lowest BCUT2D eigenvalue weighted by atomic mass is 10.1. The van der Waals surface area contributed by atoms with Gasteiger partial charge in [-0.25, -0.2) is 0 Å². The summed E-state index contributed by atoms with van der Waals surface area (Å²) in [5.41, 5.74) is 0.979. The first kappa shape index (κ1) is 16.9. The van der Waals surface area contributed by atoms with Crippen LogP contribution < -0.4 is 10.6 Å². The molecular formula is C16H22N2O3. The van der Waals surface area contributed by atoms with Crippen LogP contribution in [0.15, 0.2) is 30.3 Å². The summed E-state index contributed by atoms with van der Waals surface area (Å²) in [4.78, 5) is 34.5. The summed E-state index contributed by atoms with van der Waals surface area (Å²) in [7, 11) is 0. The molecule has 1 aromatic rings. The van der Waals surface area contributed by atoms with Crippen LogP contribution in [-0.4, -0.2) is 24.1 Å². The molecule has 0 unspecified atom stereocenters. The maximum Gasteiger partial charge on any atom is 0.287 e. The Morgan fingerprint density at radius 2 is 1.71 bits per heavy atom. The first-order chi connectivity index (χ1) is 10.1. The van der Waals surface area contributed by atoms with Gasteiger partial charge in [-0.3, -0.25) is 14.4 Å². The SMILES string of the molecule is CCCCCC(=O)C(=O)NCC(=O)NCc1ccccc1. The van der Waals surface area contributed by atoms with Gasteiger partial charge in [-0.2, -0.15) is 0 Å². The Balaban J connectivity index is 2.20. The maximum absolute atomic E-state index is 11.6. The lowest BCUT2D eigenvalue weighted by Gasteiger charge is -2.06. The Morgan fingerprint density at radius 1 is 1.00 bits per heavy atom. The van der Waals surface area contributed by atoms with Gasteiger partial charge in [0.25, 0.3) is 5.91 Å². The van der Waals surface area contributed by atoms with Gasteiger partial charge in [-0.15, -0.1) is 0 Å². The Bertz CT molecular complexity index is 472. The molecule has 0 fully saturated rings. The highest BCUT2D eigenvalue weighted by Crippen LogP contribution is 1.99. The number of nitrogens with one attached hydrogen (secondary N) is 2. The van der Waals surface area contributed by atoms with E-state index in [-0.39, 0.29) is 18.9 Å². The van der Waals surface area contributed by atoms with Crippen LogP contribution in [0.3, 0.4) is 0 Å². The molecule has 5 heteroatoms. The van der Waals surface area contributed by atoms with Gasteiger partial charge in [0, 0.05) is 13.0 Å². The standard InChI is InChI=1S/C16H22N2O3/c1-2-3-5-10-14(19)16(21)18-12-15(20)17-11-13-8-6-4-7-9-13/h4,6-9H,2-3,5,10-12H2,1H3,(H,17,20)(H,18,21). The van der Waals surface area contributed by atoms with E-state index in [9.17, 15) is 14.4 Å². The molecule has 114 valence electrons. The summed E-state index contributed by atoms with van der Waals surface area (Å²) in [6, 6.07) is 9.47. The van der Waals surface area contributed by atoms with Crippen molar-refractivity contribution >= 4 is 17.6 Å². The molecular weight excluding hydrogens is 268 g/mol. The molecule has 0 atom stereocenters. The largest absolute Gasteiger partial charge is 0.350 e. The molecule has 0 spiro atoms. The number of Topliss-reactive ketones (excluding diaryl/α,β-unsaturated/α-hetero) is 1. The number of benzene rings is 1. The van der Waals surface area contributed by atoms with Crippen molar-refractivity contribution in [3.05, 3.63) is 35.9 Å². The van der Waals surface area contributed by atoms with E-state index in [1.54, 1.807) is 0 Å². The van der Waals surface area contributed by atoms with Crippen molar-refractivity contribution in [2.24, 2.45) is 0 Å². The van der Waals surface area contributed by atoms with E-state index in [0.717, 1.165) is 18.4 Å². The quantitative estimate of drug-likeness (QED) is 0.535. The van der Waals surface area contributed by atoms with Gasteiger partial charge in [-0.1, -0.05) is 50.1 Å². The molecule has 0 saturated carbocycles. The van der Waals surface area contributed by atoms with E-state index in [0.29, 0.717) is 13.0 Å².